The predicted octanol–water partition coefficient (Wildman–Crippen LogP) is 2.89. The molecule has 0 bridgehead atoms. The number of halogens is 1. The Kier molecular flexibility index (Phi) is 5.32. The highest BCUT2D eigenvalue weighted by molar-refractivity contribution is 6.31. The van der Waals surface area contributed by atoms with Gasteiger partial charge in [0.25, 0.3) is 11.5 Å². The highest BCUT2D eigenvalue weighted by Crippen LogP contribution is 2.36. The second kappa shape index (κ2) is 7.96. The van der Waals surface area contributed by atoms with Crippen molar-refractivity contribution in [2.24, 2.45) is 7.05 Å². The van der Waals surface area contributed by atoms with Gasteiger partial charge in [-0.1, -0.05) is 29.8 Å². The summed E-state index contributed by atoms with van der Waals surface area (Å²) >= 11 is 6.07. The molecule has 3 aromatic rings. The Balaban J connectivity index is 1.63. The van der Waals surface area contributed by atoms with Gasteiger partial charge in [0.1, 0.15) is 18.0 Å². The lowest BCUT2D eigenvalue weighted by molar-refractivity contribution is -0.127. The zero-order valence-corrected chi connectivity index (χ0v) is 18.0. The van der Waals surface area contributed by atoms with E-state index in [0.29, 0.717) is 27.8 Å². The molecule has 0 saturated carbocycles. The highest BCUT2D eigenvalue weighted by atomic mass is 35.5. The van der Waals surface area contributed by atoms with Crippen molar-refractivity contribution in [2.45, 2.75) is 20.0 Å². The molecule has 0 spiro atoms. The minimum atomic E-state index is -0.741. The van der Waals surface area contributed by atoms with Crippen LogP contribution in [0.4, 0.5) is 11.4 Å². The van der Waals surface area contributed by atoms with Gasteiger partial charge >= 0.3 is 0 Å². The molecule has 4 rings (SSSR count). The van der Waals surface area contributed by atoms with E-state index in [2.05, 4.69) is 5.32 Å². The monoisotopic (exact) mass is 440 g/mol. The second-order valence-electron chi connectivity index (χ2n) is 7.28. The topological polar surface area (TPSA) is 85.6 Å². The van der Waals surface area contributed by atoms with Gasteiger partial charge in [-0.3, -0.25) is 24.0 Å². The zero-order valence-electron chi connectivity index (χ0n) is 17.3. The molecule has 1 aliphatic rings. The fraction of sp³-hybridized carbons (Fsp3) is 0.227. The third-order valence-corrected chi connectivity index (χ3v) is 5.48. The van der Waals surface area contributed by atoms with Crippen molar-refractivity contribution in [2.75, 3.05) is 16.8 Å². The Morgan fingerprint density at radius 1 is 1.16 bits per heavy atom. The molecule has 1 unspecified atom stereocenters. The number of carbonyl (C=O) groups is 2. The van der Waals surface area contributed by atoms with Crippen LogP contribution in [0.25, 0.3) is 5.69 Å². The maximum atomic E-state index is 13.0. The number of hydrogen-bond donors (Lipinski definition) is 1. The lowest BCUT2D eigenvalue weighted by atomic mass is 10.2. The first-order valence-electron chi connectivity index (χ1n) is 9.69. The number of aromatic nitrogens is 2. The van der Waals surface area contributed by atoms with Crippen molar-refractivity contribution in [1.82, 2.24) is 9.36 Å². The van der Waals surface area contributed by atoms with E-state index >= 15 is 0 Å². The SMILES string of the molecule is Cc1c(NC(=O)CN2C(=O)C(C)Oc3ccc(Cl)cc32)c(=O)n(-c2ccccc2)n1C. The number of hydrogen-bond acceptors (Lipinski definition) is 4. The molecule has 1 atom stereocenters. The average molecular weight is 441 g/mol. The summed E-state index contributed by atoms with van der Waals surface area (Å²) in [6.07, 6.45) is -0.741. The molecule has 2 heterocycles. The van der Waals surface area contributed by atoms with Crippen LogP contribution in [0.5, 0.6) is 5.75 Å². The van der Waals surface area contributed by atoms with Gasteiger partial charge in [-0.2, -0.15) is 0 Å². The number of benzene rings is 2. The highest BCUT2D eigenvalue weighted by Gasteiger charge is 2.33. The van der Waals surface area contributed by atoms with E-state index in [1.807, 2.05) is 18.2 Å². The molecule has 2 amide bonds. The largest absolute Gasteiger partial charge is 0.479 e. The second-order valence-corrected chi connectivity index (χ2v) is 7.72. The first-order valence-corrected chi connectivity index (χ1v) is 10.1. The molecular formula is C22H21ClN4O4. The molecule has 9 heteroatoms. The van der Waals surface area contributed by atoms with Crippen molar-refractivity contribution in [1.29, 1.82) is 0 Å². The number of amides is 2. The number of rotatable bonds is 4. The van der Waals surface area contributed by atoms with Crippen LogP contribution in [-0.2, 0) is 16.6 Å². The molecule has 0 radical (unpaired) electrons. The van der Waals surface area contributed by atoms with E-state index in [1.54, 1.807) is 55.9 Å². The van der Waals surface area contributed by atoms with Crippen molar-refractivity contribution < 1.29 is 14.3 Å². The minimum absolute atomic E-state index is 0.163. The number of para-hydroxylation sites is 1. The lowest BCUT2D eigenvalue weighted by Crippen LogP contribution is -2.47. The Morgan fingerprint density at radius 2 is 1.87 bits per heavy atom. The Bertz CT molecular complexity index is 1230. The summed E-state index contributed by atoms with van der Waals surface area (Å²) in [5, 5.41) is 3.09. The molecule has 31 heavy (non-hydrogen) atoms. The Morgan fingerprint density at radius 3 is 2.58 bits per heavy atom. The third kappa shape index (κ3) is 3.70. The summed E-state index contributed by atoms with van der Waals surface area (Å²) in [5.74, 6) is -0.401. The van der Waals surface area contributed by atoms with Gasteiger partial charge in [0.2, 0.25) is 5.91 Å². The van der Waals surface area contributed by atoms with Crippen LogP contribution in [0.15, 0.2) is 53.3 Å². The van der Waals surface area contributed by atoms with Crippen molar-refractivity contribution in [3.63, 3.8) is 0 Å². The first-order chi connectivity index (χ1) is 14.8. The van der Waals surface area contributed by atoms with E-state index < -0.39 is 12.0 Å². The number of carbonyl (C=O) groups excluding carboxylic acids is 2. The molecule has 1 aromatic heterocycles. The van der Waals surface area contributed by atoms with Crippen molar-refractivity contribution >= 4 is 34.8 Å². The van der Waals surface area contributed by atoms with Crippen LogP contribution in [0.2, 0.25) is 5.02 Å². The molecular weight excluding hydrogens is 420 g/mol. The summed E-state index contributed by atoms with van der Waals surface area (Å²) in [4.78, 5) is 39.9. The van der Waals surface area contributed by atoms with E-state index in [9.17, 15) is 14.4 Å². The fourth-order valence-electron chi connectivity index (χ4n) is 3.58. The quantitative estimate of drug-likeness (QED) is 0.676. The van der Waals surface area contributed by atoms with E-state index in [0.717, 1.165) is 0 Å². The molecule has 0 aliphatic carbocycles. The first kappa shape index (κ1) is 20.7. The molecule has 1 aliphatic heterocycles. The zero-order chi connectivity index (χ0) is 22.3. The summed E-state index contributed by atoms with van der Waals surface area (Å²) < 4.78 is 8.74. The normalized spacial score (nSPS) is 15.4. The maximum Gasteiger partial charge on any atom is 0.295 e. The van der Waals surface area contributed by atoms with Crippen LogP contribution in [-0.4, -0.2) is 33.8 Å². The van der Waals surface area contributed by atoms with Crippen LogP contribution in [0, 0.1) is 6.92 Å². The van der Waals surface area contributed by atoms with E-state index in [1.165, 1.54) is 9.58 Å². The van der Waals surface area contributed by atoms with E-state index in [-0.39, 0.29) is 23.7 Å². The smallest absolute Gasteiger partial charge is 0.295 e. The Hall–Kier alpha value is -3.52. The molecule has 8 nitrogen and oxygen atoms in total. The van der Waals surface area contributed by atoms with Gasteiger partial charge in [0.15, 0.2) is 6.10 Å². The summed E-state index contributed by atoms with van der Waals surface area (Å²) in [5.41, 5.74) is 1.49. The number of nitrogens with zero attached hydrogens (tertiary/aromatic N) is 3. The Labute approximate surface area is 183 Å². The number of ether oxygens (including phenoxy) is 1. The van der Waals surface area contributed by atoms with Crippen LogP contribution >= 0.6 is 11.6 Å². The van der Waals surface area contributed by atoms with Crippen LogP contribution < -0.4 is 20.5 Å². The number of nitrogens with one attached hydrogen (secondary N) is 1. The molecule has 1 N–H and O–H groups in total. The summed E-state index contributed by atoms with van der Waals surface area (Å²) in [6, 6.07) is 14.0. The third-order valence-electron chi connectivity index (χ3n) is 5.25. The van der Waals surface area contributed by atoms with Gasteiger partial charge in [0.05, 0.1) is 17.1 Å². The van der Waals surface area contributed by atoms with Gasteiger partial charge < -0.3 is 10.1 Å². The van der Waals surface area contributed by atoms with E-state index in [4.69, 9.17) is 16.3 Å². The van der Waals surface area contributed by atoms with Crippen LogP contribution in [0.3, 0.4) is 0 Å². The van der Waals surface area contributed by atoms with Crippen molar-refractivity contribution in [3.05, 3.63) is 69.6 Å². The fourth-order valence-corrected chi connectivity index (χ4v) is 3.74. The maximum absolute atomic E-state index is 13.0. The molecule has 0 fully saturated rings. The summed E-state index contributed by atoms with van der Waals surface area (Å²) in [6.45, 7) is 3.08. The van der Waals surface area contributed by atoms with Gasteiger partial charge in [-0.15, -0.1) is 0 Å². The van der Waals surface area contributed by atoms with Gasteiger partial charge in [-0.25, -0.2) is 4.68 Å². The van der Waals surface area contributed by atoms with Crippen LogP contribution in [0.1, 0.15) is 12.6 Å². The minimum Gasteiger partial charge on any atom is -0.479 e. The predicted molar refractivity (Wildman–Crippen MR) is 118 cm³/mol. The standard InChI is InChI=1S/C22H21ClN4O4/c1-13-20(22(30)27(25(13)3)16-7-5-4-6-8-16)24-19(28)12-26-17-11-15(23)9-10-18(17)31-14(2)21(26)29/h4-11,14H,12H2,1-3H3,(H,24,28). The number of anilines is 2. The summed E-state index contributed by atoms with van der Waals surface area (Å²) in [7, 11) is 1.74. The number of fused-ring (bicyclic) bond motifs is 1. The lowest BCUT2D eigenvalue weighted by Gasteiger charge is -2.32. The molecule has 0 saturated heterocycles. The van der Waals surface area contributed by atoms with Gasteiger partial charge in [0, 0.05) is 12.1 Å². The average Bonchev–Trinajstić information content (AvgIpc) is 2.95. The molecule has 160 valence electrons. The van der Waals surface area contributed by atoms with Gasteiger partial charge in [-0.05, 0) is 44.2 Å². The molecule has 2 aromatic carbocycles. The van der Waals surface area contributed by atoms with Crippen molar-refractivity contribution in [3.8, 4) is 11.4 Å².